The Morgan fingerprint density at radius 3 is 2.58 bits per heavy atom. The van der Waals surface area contributed by atoms with E-state index >= 15 is 0 Å². The molecule has 1 aliphatic rings. The van der Waals surface area contributed by atoms with E-state index in [4.69, 9.17) is 10.1 Å². The molecule has 2 heterocycles. The summed E-state index contributed by atoms with van der Waals surface area (Å²) in [6.45, 7) is 1.98. The minimum atomic E-state index is -0.987. The Bertz CT molecular complexity index is 1030. The number of rotatable bonds is 4. The van der Waals surface area contributed by atoms with Crippen molar-refractivity contribution in [2.45, 2.75) is 44.9 Å². The Labute approximate surface area is 149 Å². The van der Waals surface area contributed by atoms with Gasteiger partial charge in [0.15, 0.2) is 11.3 Å². The highest BCUT2D eigenvalue weighted by molar-refractivity contribution is 5.88. The third-order valence-electron chi connectivity index (χ3n) is 5.06. The number of nitrogens with one attached hydrogen (secondary N) is 1. The molecule has 1 aromatic carbocycles. The van der Waals surface area contributed by atoms with Gasteiger partial charge in [-0.2, -0.15) is 0 Å². The van der Waals surface area contributed by atoms with E-state index in [-0.39, 0.29) is 11.1 Å². The van der Waals surface area contributed by atoms with E-state index in [0.717, 1.165) is 24.4 Å². The van der Waals surface area contributed by atoms with Gasteiger partial charge in [-0.3, -0.25) is 4.79 Å². The van der Waals surface area contributed by atoms with Crippen molar-refractivity contribution in [1.82, 2.24) is 19.6 Å². The van der Waals surface area contributed by atoms with Crippen LogP contribution in [0.5, 0.6) is 0 Å². The first-order valence-electron chi connectivity index (χ1n) is 8.94. The molecule has 1 aliphatic carbocycles. The maximum Gasteiger partial charge on any atom is 0.335 e. The maximum atomic E-state index is 12.7. The third-order valence-corrected chi connectivity index (χ3v) is 5.06. The number of aromatic nitrogens is 4. The quantitative estimate of drug-likeness (QED) is 0.752. The number of hydrogen-bond donors (Lipinski definition) is 2. The summed E-state index contributed by atoms with van der Waals surface area (Å²) >= 11 is 0. The van der Waals surface area contributed by atoms with Gasteiger partial charge < -0.3 is 10.1 Å². The van der Waals surface area contributed by atoms with Crippen LogP contribution in [-0.2, 0) is 6.42 Å². The molecular formula is C19H20N4O3. The Hall–Kier alpha value is -2.96. The molecule has 1 fully saturated rings. The summed E-state index contributed by atoms with van der Waals surface area (Å²) in [6, 6.07) is 6.32. The number of nitrogens with zero attached hydrogens (tertiary/aromatic N) is 3. The normalized spacial score (nSPS) is 15.0. The first kappa shape index (κ1) is 16.5. The molecule has 0 spiro atoms. The Morgan fingerprint density at radius 1 is 1.27 bits per heavy atom. The molecule has 0 bridgehead atoms. The lowest BCUT2D eigenvalue weighted by atomic mass is 10.1. The summed E-state index contributed by atoms with van der Waals surface area (Å²) in [5.41, 5.74) is 1.93. The smallest absolute Gasteiger partial charge is 0.335 e. The van der Waals surface area contributed by atoms with Crippen molar-refractivity contribution in [2.24, 2.45) is 0 Å². The second-order valence-corrected chi connectivity index (χ2v) is 6.70. The van der Waals surface area contributed by atoms with Crippen molar-refractivity contribution in [1.29, 1.82) is 0 Å². The zero-order chi connectivity index (χ0) is 18.3. The zero-order valence-electron chi connectivity index (χ0n) is 14.5. The second-order valence-electron chi connectivity index (χ2n) is 6.70. The van der Waals surface area contributed by atoms with Gasteiger partial charge in [0.25, 0.3) is 5.56 Å². The summed E-state index contributed by atoms with van der Waals surface area (Å²) in [5.74, 6) is 0.626. The van der Waals surface area contributed by atoms with Gasteiger partial charge in [-0.15, -0.1) is 5.10 Å². The molecule has 0 atom stereocenters. The van der Waals surface area contributed by atoms with Crippen LogP contribution in [0.3, 0.4) is 0 Å². The lowest BCUT2D eigenvalue weighted by molar-refractivity contribution is 0.0697. The largest absolute Gasteiger partial charge is 0.478 e. The maximum absolute atomic E-state index is 12.7. The van der Waals surface area contributed by atoms with Crippen molar-refractivity contribution in [3.05, 3.63) is 51.7 Å². The van der Waals surface area contributed by atoms with Crippen LogP contribution in [0, 0.1) is 0 Å². The van der Waals surface area contributed by atoms with Crippen molar-refractivity contribution in [3.8, 4) is 11.4 Å². The minimum absolute atomic E-state index is 0.194. The summed E-state index contributed by atoms with van der Waals surface area (Å²) in [6.07, 6.45) is 5.16. The summed E-state index contributed by atoms with van der Waals surface area (Å²) in [5, 5.41) is 13.7. The van der Waals surface area contributed by atoms with Crippen molar-refractivity contribution in [3.63, 3.8) is 0 Å². The van der Waals surface area contributed by atoms with Crippen LogP contribution in [0.4, 0.5) is 0 Å². The van der Waals surface area contributed by atoms with Crippen molar-refractivity contribution in [2.75, 3.05) is 0 Å². The molecule has 0 radical (unpaired) electrons. The number of H-pyrrole nitrogens is 1. The third kappa shape index (κ3) is 2.69. The number of fused-ring (bicyclic) bond motifs is 1. The molecular weight excluding hydrogens is 332 g/mol. The SMILES string of the molecule is CCc1nc(C2CCCC2)n2nc(-c3ccc(C(=O)O)cc3)[nH]c(=O)c12. The molecule has 0 unspecified atom stereocenters. The van der Waals surface area contributed by atoms with E-state index in [2.05, 4.69) is 10.1 Å². The predicted octanol–water partition coefficient (Wildman–Crippen LogP) is 3.00. The Kier molecular flexibility index (Phi) is 4.06. The van der Waals surface area contributed by atoms with Crippen LogP contribution in [0.15, 0.2) is 29.1 Å². The molecule has 26 heavy (non-hydrogen) atoms. The van der Waals surface area contributed by atoms with E-state index in [1.165, 1.54) is 25.0 Å². The minimum Gasteiger partial charge on any atom is -0.478 e. The first-order valence-corrected chi connectivity index (χ1v) is 8.94. The van der Waals surface area contributed by atoms with Gasteiger partial charge >= 0.3 is 5.97 Å². The second kappa shape index (κ2) is 6.40. The molecule has 7 heteroatoms. The number of carbonyl (C=O) groups is 1. The Morgan fingerprint density at radius 2 is 1.96 bits per heavy atom. The highest BCUT2D eigenvalue weighted by Gasteiger charge is 2.25. The number of aromatic carboxylic acids is 1. The highest BCUT2D eigenvalue weighted by atomic mass is 16.4. The molecule has 134 valence electrons. The molecule has 0 aliphatic heterocycles. The monoisotopic (exact) mass is 352 g/mol. The predicted molar refractivity (Wildman–Crippen MR) is 96.6 cm³/mol. The van der Waals surface area contributed by atoms with Gasteiger partial charge in [0.1, 0.15) is 5.82 Å². The van der Waals surface area contributed by atoms with Crippen molar-refractivity contribution >= 4 is 11.5 Å². The fourth-order valence-electron chi connectivity index (χ4n) is 3.69. The molecule has 2 N–H and O–H groups in total. The average molecular weight is 352 g/mol. The number of imidazole rings is 1. The molecule has 0 saturated heterocycles. The van der Waals surface area contributed by atoms with Crippen LogP contribution >= 0.6 is 0 Å². The number of hydrogen-bond acceptors (Lipinski definition) is 4. The number of carboxylic acid groups (broad SMARTS) is 1. The summed E-state index contributed by atoms with van der Waals surface area (Å²) < 4.78 is 1.70. The zero-order valence-corrected chi connectivity index (χ0v) is 14.5. The molecule has 3 aromatic rings. The van der Waals surface area contributed by atoms with Crippen LogP contribution in [0.1, 0.15) is 60.4 Å². The van der Waals surface area contributed by atoms with Crippen LogP contribution in [-0.4, -0.2) is 30.7 Å². The van der Waals surface area contributed by atoms with Crippen LogP contribution < -0.4 is 5.56 Å². The van der Waals surface area contributed by atoms with Gasteiger partial charge in [-0.25, -0.2) is 14.3 Å². The van der Waals surface area contributed by atoms with Gasteiger partial charge in [-0.05, 0) is 31.4 Å². The van der Waals surface area contributed by atoms with E-state index in [1.54, 1.807) is 16.6 Å². The highest BCUT2D eigenvalue weighted by Crippen LogP contribution is 2.34. The van der Waals surface area contributed by atoms with E-state index in [1.807, 2.05) is 6.92 Å². The van der Waals surface area contributed by atoms with Gasteiger partial charge in [0, 0.05) is 11.5 Å². The fourth-order valence-corrected chi connectivity index (χ4v) is 3.69. The number of aryl methyl sites for hydroxylation is 1. The lowest BCUT2D eigenvalue weighted by Gasteiger charge is -2.08. The number of benzene rings is 1. The topological polar surface area (TPSA) is 100 Å². The molecule has 0 amide bonds. The molecule has 7 nitrogen and oxygen atoms in total. The number of carboxylic acids is 1. The van der Waals surface area contributed by atoms with E-state index < -0.39 is 5.97 Å². The fraction of sp³-hybridized carbons (Fsp3) is 0.368. The number of aromatic amines is 1. The van der Waals surface area contributed by atoms with Gasteiger partial charge in [0.05, 0.1) is 11.3 Å². The van der Waals surface area contributed by atoms with Crippen LogP contribution in [0.25, 0.3) is 16.9 Å². The molecule has 2 aromatic heterocycles. The van der Waals surface area contributed by atoms with Crippen molar-refractivity contribution < 1.29 is 9.90 Å². The molecule has 4 rings (SSSR count). The summed E-state index contributed by atoms with van der Waals surface area (Å²) in [7, 11) is 0. The van der Waals surface area contributed by atoms with E-state index in [0.29, 0.717) is 29.2 Å². The lowest BCUT2D eigenvalue weighted by Crippen LogP contribution is -2.16. The summed E-state index contributed by atoms with van der Waals surface area (Å²) in [4.78, 5) is 31.3. The van der Waals surface area contributed by atoms with E-state index in [9.17, 15) is 9.59 Å². The van der Waals surface area contributed by atoms with Gasteiger partial charge in [-0.1, -0.05) is 31.9 Å². The Balaban J connectivity index is 1.88. The standard InChI is InChI=1S/C19H20N4O3/c1-2-14-15-18(24)21-16(11-7-9-13(10-8-11)19(25)26)22-23(15)17(20-14)12-5-3-4-6-12/h7-10,12H,2-6H2,1H3,(H,25,26)(H,21,22,24). The average Bonchev–Trinajstić information content (AvgIpc) is 3.29. The molecule has 1 saturated carbocycles. The first-order chi connectivity index (χ1) is 12.6. The van der Waals surface area contributed by atoms with Gasteiger partial charge in [0.2, 0.25) is 0 Å². The van der Waals surface area contributed by atoms with Crippen LogP contribution in [0.2, 0.25) is 0 Å².